The van der Waals surface area contributed by atoms with Crippen molar-refractivity contribution in [2.45, 2.75) is 6.92 Å². The molecule has 0 saturated carbocycles. The van der Waals surface area contributed by atoms with Gasteiger partial charge in [0.25, 0.3) is 0 Å². The molecule has 4 nitrogen and oxygen atoms in total. The predicted molar refractivity (Wildman–Crippen MR) is 60.2 cm³/mol. The van der Waals surface area contributed by atoms with Gasteiger partial charge in [0.15, 0.2) is 27.2 Å². The van der Waals surface area contributed by atoms with Crippen LogP contribution in [0.15, 0.2) is 23.4 Å². The van der Waals surface area contributed by atoms with Crippen LogP contribution in [-0.2, 0) is 0 Å². The van der Waals surface area contributed by atoms with Crippen LogP contribution in [0.3, 0.4) is 0 Å². The summed E-state index contributed by atoms with van der Waals surface area (Å²) in [6.45, 7) is 1.39. The second kappa shape index (κ2) is 5.14. The Morgan fingerprint density at radius 2 is 2.20 bits per heavy atom. The first kappa shape index (κ1) is 12.0. The fourth-order valence-electron chi connectivity index (χ4n) is 1.10. The molecule has 0 aromatic heterocycles. The molecule has 0 aliphatic carbocycles. The molecule has 0 fully saturated rings. The Morgan fingerprint density at radius 3 is 2.67 bits per heavy atom. The minimum absolute atomic E-state index is 0.138. The number of carbonyl (C=O) groups is 1. The molecule has 1 aromatic carbocycles. The number of oxime groups is 1. The molecular formula is C9H7BrClNO3. The van der Waals surface area contributed by atoms with E-state index < -0.39 is 0 Å². The molecule has 6 heteroatoms. The van der Waals surface area contributed by atoms with E-state index in [1.54, 1.807) is 6.07 Å². The van der Waals surface area contributed by atoms with Crippen molar-refractivity contribution < 1.29 is 13.8 Å². The summed E-state index contributed by atoms with van der Waals surface area (Å²) in [6.07, 6.45) is 0. The van der Waals surface area contributed by atoms with Crippen LogP contribution in [0.1, 0.15) is 22.8 Å². The molecule has 0 radical (unpaired) electrons. The molecule has 0 amide bonds. The van der Waals surface area contributed by atoms with Crippen molar-refractivity contribution in [1.29, 1.82) is 0 Å². The molecule has 0 heterocycles. The number of ketones is 1. The van der Waals surface area contributed by atoms with E-state index in [0.29, 0.717) is 16.9 Å². The van der Waals surface area contributed by atoms with Crippen LogP contribution in [0.4, 0.5) is 0 Å². The number of hydrogen-bond acceptors (Lipinski definition) is 4. The van der Waals surface area contributed by atoms with Crippen LogP contribution in [-0.4, -0.2) is 16.2 Å². The van der Waals surface area contributed by atoms with E-state index >= 15 is 0 Å². The van der Waals surface area contributed by atoms with E-state index in [4.69, 9.17) is 20.6 Å². The number of Topliss-reactive ketones (excluding diaryl/α,β-unsaturated/α-hetero) is 1. The van der Waals surface area contributed by atoms with Crippen LogP contribution >= 0.6 is 27.9 Å². The summed E-state index contributed by atoms with van der Waals surface area (Å²) in [5.74, 6) is 0.268. The van der Waals surface area contributed by atoms with Crippen molar-refractivity contribution in [3.63, 3.8) is 0 Å². The Kier molecular flexibility index (Phi) is 4.11. The lowest BCUT2D eigenvalue weighted by atomic mass is 10.0. The van der Waals surface area contributed by atoms with Crippen LogP contribution < -0.4 is 3.83 Å². The van der Waals surface area contributed by atoms with Crippen molar-refractivity contribution >= 4 is 38.8 Å². The number of rotatable bonds is 3. The average Bonchev–Trinajstić information content (AvgIpc) is 2.27. The van der Waals surface area contributed by atoms with Crippen LogP contribution in [0.25, 0.3) is 0 Å². The maximum Gasteiger partial charge on any atom is 0.179 e. The monoisotopic (exact) mass is 291 g/mol. The van der Waals surface area contributed by atoms with E-state index in [0.717, 1.165) is 0 Å². The third-order valence-corrected chi connectivity index (χ3v) is 2.42. The molecule has 0 atom stereocenters. The average molecular weight is 293 g/mol. The number of carbonyl (C=O) groups excluding carboxylic acids is 1. The lowest BCUT2D eigenvalue weighted by Gasteiger charge is -2.05. The third-order valence-electron chi connectivity index (χ3n) is 1.77. The maximum atomic E-state index is 11.3. The highest BCUT2D eigenvalue weighted by atomic mass is 79.9. The van der Waals surface area contributed by atoms with Crippen molar-refractivity contribution in [3.05, 3.63) is 29.3 Å². The Bertz CT molecular complexity index is 420. The first-order valence-electron chi connectivity index (χ1n) is 3.91. The molecule has 0 aliphatic rings. The number of halogens is 2. The first-order valence-corrected chi connectivity index (χ1v) is 4.94. The number of hydrogen-bond donors (Lipinski definition) is 1. The maximum absolute atomic E-state index is 11.3. The molecule has 0 bridgehead atoms. The second-order valence-electron chi connectivity index (χ2n) is 2.73. The summed E-state index contributed by atoms with van der Waals surface area (Å²) >= 11 is 8.43. The first-order chi connectivity index (χ1) is 7.10. The normalized spacial score (nSPS) is 11.3. The van der Waals surface area contributed by atoms with Crippen molar-refractivity contribution in [2.24, 2.45) is 5.16 Å². The molecule has 0 unspecified atom stereocenters. The lowest BCUT2D eigenvalue weighted by molar-refractivity contribution is 0.101. The lowest BCUT2D eigenvalue weighted by Crippen LogP contribution is -2.03. The van der Waals surface area contributed by atoms with Crippen molar-refractivity contribution in [1.82, 2.24) is 0 Å². The summed E-state index contributed by atoms with van der Waals surface area (Å²) in [6, 6.07) is 4.62. The predicted octanol–water partition coefficient (Wildman–Crippen LogP) is 2.95. The van der Waals surface area contributed by atoms with Crippen LogP contribution in [0.5, 0.6) is 5.75 Å². The fourth-order valence-corrected chi connectivity index (χ4v) is 1.46. The van der Waals surface area contributed by atoms with E-state index in [9.17, 15) is 4.79 Å². The van der Waals surface area contributed by atoms with Crippen LogP contribution in [0.2, 0.25) is 0 Å². The Balaban J connectivity index is 3.34. The van der Waals surface area contributed by atoms with Gasteiger partial charge >= 0.3 is 0 Å². The number of benzene rings is 1. The summed E-state index contributed by atoms with van der Waals surface area (Å²) in [7, 11) is 0. The Labute approximate surface area is 99.9 Å². The zero-order valence-corrected chi connectivity index (χ0v) is 10.0. The highest BCUT2D eigenvalue weighted by molar-refractivity contribution is 9.06. The van der Waals surface area contributed by atoms with E-state index in [2.05, 4.69) is 21.4 Å². The summed E-state index contributed by atoms with van der Waals surface area (Å²) in [5, 5.41) is 11.2. The quantitative estimate of drug-likeness (QED) is 0.403. The topological polar surface area (TPSA) is 58.9 Å². The van der Waals surface area contributed by atoms with Gasteiger partial charge in [0, 0.05) is 11.1 Å². The highest BCUT2D eigenvalue weighted by Crippen LogP contribution is 2.21. The Hall–Kier alpha value is -1.07. The third kappa shape index (κ3) is 2.70. The summed E-state index contributed by atoms with van der Waals surface area (Å²) in [5.41, 5.74) is 0.690. The van der Waals surface area contributed by atoms with Gasteiger partial charge in [-0.2, -0.15) is 0 Å². The van der Waals surface area contributed by atoms with Crippen LogP contribution in [0, 0.1) is 0 Å². The molecule has 15 heavy (non-hydrogen) atoms. The molecule has 80 valence electrons. The largest absolute Gasteiger partial charge is 0.418 e. The number of nitrogens with zero attached hydrogens (tertiary/aromatic N) is 1. The van der Waals surface area contributed by atoms with E-state index in [1.165, 1.54) is 19.1 Å². The van der Waals surface area contributed by atoms with Gasteiger partial charge in [0.2, 0.25) is 0 Å². The summed E-state index contributed by atoms with van der Waals surface area (Å²) in [4.78, 5) is 11.3. The van der Waals surface area contributed by atoms with Gasteiger partial charge in [-0.1, -0.05) is 16.8 Å². The van der Waals surface area contributed by atoms with Gasteiger partial charge in [-0.25, -0.2) is 0 Å². The minimum Gasteiger partial charge on any atom is -0.418 e. The minimum atomic E-state index is -0.196. The van der Waals surface area contributed by atoms with Gasteiger partial charge in [-0.3, -0.25) is 4.79 Å². The molecule has 1 rings (SSSR count). The van der Waals surface area contributed by atoms with Crippen molar-refractivity contribution in [3.8, 4) is 5.75 Å². The Morgan fingerprint density at radius 1 is 1.53 bits per heavy atom. The molecule has 0 spiro atoms. The van der Waals surface area contributed by atoms with Gasteiger partial charge < -0.3 is 9.04 Å². The molecule has 0 aliphatic heterocycles. The molecule has 1 aromatic rings. The zero-order chi connectivity index (χ0) is 11.4. The van der Waals surface area contributed by atoms with Crippen molar-refractivity contribution in [2.75, 3.05) is 0 Å². The van der Waals surface area contributed by atoms with E-state index in [-0.39, 0.29) is 11.0 Å². The molecule has 1 N–H and O–H groups in total. The fraction of sp³-hybridized carbons (Fsp3) is 0.111. The zero-order valence-electron chi connectivity index (χ0n) is 7.70. The van der Waals surface area contributed by atoms with Gasteiger partial charge in [0.1, 0.15) is 5.75 Å². The highest BCUT2D eigenvalue weighted by Gasteiger charge is 2.12. The van der Waals surface area contributed by atoms with Gasteiger partial charge in [-0.15, -0.1) is 0 Å². The van der Waals surface area contributed by atoms with E-state index in [1.807, 2.05) is 0 Å². The standard InChI is InChI=1S/C9H7BrClNO3/c1-5(13)8-4-6(15-10)2-3-7(8)9(11)12-14/h2-4,14H,1H3. The second-order valence-corrected chi connectivity index (χ2v) is 3.41. The SMILES string of the molecule is CC(=O)c1cc(OBr)ccc1C(Cl)=NO. The molecule has 0 saturated heterocycles. The summed E-state index contributed by atoms with van der Waals surface area (Å²) < 4.78 is 4.79. The smallest absolute Gasteiger partial charge is 0.179 e. The van der Waals surface area contributed by atoms with Gasteiger partial charge in [-0.05, 0) is 25.1 Å². The van der Waals surface area contributed by atoms with Gasteiger partial charge in [0.05, 0.1) is 0 Å². The molecular weight excluding hydrogens is 285 g/mol.